The van der Waals surface area contributed by atoms with Crippen LogP contribution < -0.4 is 15.5 Å². The minimum absolute atomic E-state index is 0.00363. The fourth-order valence-electron chi connectivity index (χ4n) is 3.32. The number of benzene rings is 2. The molecule has 168 valence electrons. The smallest absolute Gasteiger partial charge is 0.326 e. The molecule has 0 heterocycles. The number of nitrogens with zero attached hydrogens (tertiary/aromatic N) is 1. The Balaban J connectivity index is 1.80. The van der Waals surface area contributed by atoms with E-state index in [4.69, 9.17) is 0 Å². The van der Waals surface area contributed by atoms with Gasteiger partial charge in [-0.05, 0) is 42.8 Å². The van der Waals surface area contributed by atoms with E-state index in [0.717, 1.165) is 12.8 Å². The summed E-state index contributed by atoms with van der Waals surface area (Å²) in [5.41, 5.74) is 1.23. The highest BCUT2D eigenvalue weighted by molar-refractivity contribution is 6.01. The fraction of sp³-hybridized carbons (Fsp3) is 0.440. The van der Waals surface area contributed by atoms with E-state index in [1.54, 1.807) is 24.3 Å². The average Bonchev–Trinajstić information content (AvgIpc) is 2.77. The van der Waals surface area contributed by atoms with E-state index in [0.29, 0.717) is 24.3 Å². The van der Waals surface area contributed by atoms with Crippen molar-refractivity contribution in [3.63, 3.8) is 0 Å². The first kappa shape index (κ1) is 24.4. The van der Waals surface area contributed by atoms with Crippen LogP contribution in [0.15, 0.2) is 54.6 Å². The van der Waals surface area contributed by atoms with Gasteiger partial charge in [-0.2, -0.15) is 0 Å². The molecule has 0 bridgehead atoms. The Morgan fingerprint density at radius 3 is 2.19 bits per heavy atom. The zero-order valence-corrected chi connectivity index (χ0v) is 18.4. The molecule has 0 aromatic heterocycles. The highest BCUT2D eigenvalue weighted by atomic mass is 19.1. The van der Waals surface area contributed by atoms with Gasteiger partial charge in [-0.25, -0.2) is 9.18 Å². The predicted molar refractivity (Wildman–Crippen MR) is 125 cm³/mol. The number of nitrogens with one attached hydrogen (secondary N) is 2. The standard InChI is InChI=1S/C25H34FN3O2/c1-2-3-4-5-6-7-11-14-24(30)27-19-20-29(23-17-15-21(26)16-18-23)25(31)28-22-12-9-8-10-13-22/h8-10,12-13,15-18H,2-7,11,14,19-20H2,1H3,(H,27,30)(H,28,31). The van der Waals surface area contributed by atoms with E-state index < -0.39 is 0 Å². The van der Waals surface area contributed by atoms with Gasteiger partial charge in [0.1, 0.15) is 5.82 Å². The molecule has 6 heteroatoms. The van der Waals surface area contributed by atoms with Gasteiger partial charge in [-0.15, -0.1) is 0 Å². The number of anilines is 2. The van der Waals surface area contributed by atoms with Crippen molar-refractivity contribution in [2.45, 2.75) is 58.3 Å². The zero-order valence-electron chi connectivity index (χ0n) is 18.4. The number of rotatable bonds is 13. The van der Waals surface area contributed by atoms with Crippen LogP contribution in [0.2, 0.25) is 0 Å². The van der Waals surface area contributed by atoms with Crippen LogP contribution in [0.4, 0.5) is 20.6 Å². The van der Waals surface area contributed by atoms with Crippen LogP contribution in [-0.4, -0.2) is 25.0 Å². The number of hydrogen-bond donors (Lipinski definition) is 2. The van der Waals surface area contributed by atoms with Gasteiger partial charge in [-0.3, -0.25) is 9.69 Å². The van der Waals surface area contributed by atoms with Crippen LogP contribution in [-0.2, 0) is 4.79 Å². The molecule has 0 aliphatic heterocycles. The van der Waals surface area contributed by atoms with Crippen molar-refractivity contribution in [3.05, 3.63) is 60.4 Å². The van der Waals surface area contributed by atoms with E-state index >= 15 is 0 Å². The minimum Gasteiger partial charge on any atom is -0.354 e. The zero-order chi connectivity index (χ0) is 22.3. The van der Waals surface area contributed by atoms with Crippen LogP contribution in [0, 0.1) is 5.82 Å². The maximum Gasteiger partial charge on any atom is 0.326 e. The summed E-state index contributed by atoms with van der Waals surface area (Å²) in [6.07, 6.45) is 8.65. The van der Waals surface area contributed by atoms with Crippen molar-refractivity contribution in [1.82, 2.24) is 5.32 Å². The van der Waals surface area contributed by atoms with Gasteiger partial charge in [-0.1, -0.05) is 63.6 Å². The van der Waals surface area contributed by atoms with Crippen LogP contribution in [0.5, 0.6) is 0 Å². The second kappa shape index (κ2) is 14.2. The maximum atomic E-state index is 13.3. The lowest BCUT2D eigenvalue weighted by Gasteiger charge is -2.23. The highest BCUT2D eigenvalue weighted by Gasteiger charge is 2.16. The molecule has 2 rings (SSSR count). The summed E-state index contributed by atoms with van der Waals surface area (Å²) in [7, 11) is 0. The molecule has 0 unspecified atom stereocenters. The molecule has 0 spiro atoms. The summed E-state index contributed by atoms with van der Waals surface area (Å²) in [6.45, 7) is 2.81. The lowest BCUT2D eigenvalue weighted by atomic mass is 10.1. The Kier molecular flexibility index (Phi) is 11.1. The topological polar surface area (TPSA) is 61.4 Å². The number of urea groups is 1. The SMILES string of the molecule is CCCCCCCCCC(=O)NCCN(C(=O)Nc1ccccc1)c1ccc(F)cc1. The molecule has 0 aliphatic rings. The molecule has 0 radical (unpaired) electrons. The van der Waals surface area contributed by atoms with Crippen LogP contribution in [0.1, 0.15) is 58.3 Å². The third-order valence-electron chi connectivity index (χ3n) is 5.07. The summed E-state index contributed by atoms with van der Waals surface area (Å²) in [5.74, 6) is -0.369. The second-order valence-electron chi connectivity index (χ2n) is 7.65. The highest BCUT2D eigenvalue weighted by Crippen LogP contribution is 2.17. The van der Waals surface area contributed by atoms with E-state index in [1.165, 1.54) is 49.1 Å². The van der Waals surface area contributed by atoms with E-state index in [1.807, 2.05) is 18.2 Å². The van der Waals surface area contributed by atoms with Gasteiger partial charge >= 0.3 is 6.03 Å². The molecule has 2 aromatic carbocycles. The summed E-state index contributed by atoms with van der Waals surface area (Å²) in [6, 6.07) is 14.5. The number of unbranched alkanes of at least 4 members (excludes halogenated alkanes) is 6. The minimum atomic E-state index is -0.366. The van der Waals surface area contributed by atoms with Crippen molar-refractivity contribution in [3.8, 4) is 0 Å². The lowest BCUT2D eigenvalue weighted by molar-refractivity contribution is -0.121. The molecule has 0 saturated carbocycles. The Morgan fingerprint density at radius 1 is 0.871 bits per heavy atom. The van der Waals surface area contributed by atoms with Crippen molar-refractivity contribution in [2.75, 3.05) is 23.3 Å². The van der Waals surface area contributed by atoms with Gasteiger partial charge in [0.2, 0.25) is 5.91 Å². The van der Waals surface area contributed by atoms with Crippen LogP contribution >= 0.6 is 0 Å². The third-order valence-corrected chi connectivity index (χ3v) is 5.07. The number of para-hydroxylation sites is 1. The first-order valence-electron chi connectivity index (χ1n) is 11.3. The number of hydrogen-bond acceptors (Lipinski definition) is 2. The van der Waals surface area contributed by atoms with Crippen molar-refractivity contribution in [1.29, 1.82) is 0 Å². The Labute approximate surface area is 185 Å². The van der Waals surface area contributed by atoms with Crippen molar-refractivity contribution in [2.24, 2.45) is 0 Å². The summed E-state index contributed by atoms with van der Waals surface area (Å²) >= 11 is 0. The monoisotopic (exact) mass is 427 g/mol. The van der Waals surface area contributed by atoms with Crippen molar-refractivity contribution < 1.29 is 14.0 Å². The lowest BCUT2D eigenvalue weighted by Crippen LogP contribution is -2.41. The van der Waals surface area contributed by atoms with Gasteiger partial charge < -0.3 is 10.6 Å². The molecule has 31 heavy (non-hydrogen) atoms. The Hall–Kier alpha value is -2.89. The van der Waals surface area contributed by atoms with Gasteiger partial charge in [0.05, 0.1) is 0 Å². The molecular formula is C25H34FN3O2. The van der Waals surface area contributed by atoms with Crippen LogP contribution in [0.3, 0.4) is 0 Å². The maximum absolute atomic E-state index is 13.3. The molecule has 0 fully saturated rings. The van der Waals surface area contributed by atoms with Gasteiger partial charge in [0.25, 0.3) is 0 Å². The number of carbonyl (C=O) groups excluding carboxylic acids is 2. The first-order chi connectivity index (χ1) is 15.1. The fourth-order valence-corrected chi connectivity index (χ4v) is 3.32. The first-order valence-corrected chi connectivity index (χ1v) is 11.3. The van der Waals surface area contributed by atoms with Crippen LogP contribution in [0.25, 0.3) is 0 Å². The summed E-state index contributed by atoms with van der Waals surface area (Å²) in [4.78, 5) is 26.4. The molecule has 5 nitrogen and oxygen atoms in total. The summed E-state index contributed by atoms with van der Waals surface area (Å²) < 4.78 is 13.3. The quantitative estimate of drug-likeness (QED) is 0.378. The average molecular weight is 428 g/mol. The number of halogens is 1. The third kappa shape index (κ3) is 9.64. The van der Waals surface area contributed by atoms with E-state index in [2.05, 4.69) is 17.6 Å². The number of amides is 3. The molecule has 2 aromatic rings. The summed E-state index contributed by atoms with van der Waals surface area (Å²) in [5, 5.41) is 5.73. The van der Waals surface area contributed by atoms with E-state index in [9.17, 15) is 14.0 Å². The molecule has 2 N–H and O–H groups in total. The largest absolute Gasteiger partial charge is 0.354 e. The van der Waals surface area contributed by atoms with Gasteiger partial charge in [0, 0.05) is 30.9 Å². The predicted octanol–water partition coefficient (Wildman–Crippen LogP) is 6.12. The van der Waals surface area contributed by atoms with E-state index in [-0.39, 0.29) is 24.3 Å². The normalized spacial score (nSPS) is 10.5. The Bertz CT molecular complexity index is 781. The molecule has 3 amide bonds. The second-order valence-corrected chi connectivity index (χ2v) is 7.65. The molecule has 0 saturated heterocycles. The molecule has 0 atom stereocenters. The number of carbonyl (C=O) groups is 2. The molecular weight excluding hydrogens is 393 g/mol. The van der Waals surface area contributed by atoms with Crippen molar-refractivity contribution >= 4 is 23.3 Å². The molecule has 0 aliphatic carbocycles. The Morgan fingerprint density at radius 2 is 1.52 bits per heavy atom. The van der Waals surface area contributed by atoms with Gasteiger partial charge in [0.15, 0.2) is 0 Å².